The van der Waals surface area contributed by atoms with E-state index in [4.69, 9.17) is 9.84 Å². The molecule has 2 atom stereocenters. The number of halogens is 1. The fraction of sp³-hybridized carbons (Fsp3) is 0.625. The molecule has 114 valence electrons. The van der Waals surface area contributed by atoms with E-state index in [1.165, 1.54) is 13.2 Å². The molecule has 0 aliphatic rings. The van der Waals surface area contributed by atoms with Crippen molar-refractivity contribution in [3.8, 4) is 5.75 Å². The highest BCUT2D eigenvalue weighted by atomic mass is 19.1. The van der Waals surface area contributed by atoms with E-state index in [1.54, 1.807) is 6.07 Å². The molecule has 0 aromatic heterocycles. The van der Waals surface area contributed by atoms with E-state index >= 15 is 0 Å². The third kappa shape index (κ3) is 5.10. The number of rotatable bonds is 9. The van der Waals surface area contributed by atoms with Crippen LogP contribution in [0.4, 0.5) is 4.39 Å². The first-order valence-corrected chi connectivity index (χ1v) is 7.30. The average molecular weight is 283 g/mol. The molecule has 0 heterocycles. The van der Waals surface area contributed by atoms with Crippen LogP contribution in [0.3, 0.4) is 0 Å². The number of aliphatic hydroxyl groups excluding tert-OH is 1. The minimum Gasteiger partial charge on any atom is -0.494 e. The molecule has 0 saturated heterocycles. The van der Waals surface area contributed by atoms with Gasteiger partial charge in [0, 0.05) is 12.6 Å². The van der Waals surface area contributed by atoms with Crippen molar-refractivity contribution in [2.45, 2.75) is 39.2 Å². The standard InChI is InChI=1S/C16H26FNO2/c1-4-5-13(8-9-19)11-18-12(2)14-6-7-16(20-3)15(17)10-14/h6-7,10,12-13,18-19H,4-5,8-9,11H2,1-3H3. The summed E-state index contributed by atoms with van der Waals surface area (Å²) in [7, 11) is 1.46. The maximum atomic E-state index is 13.7. The van der Waals surface area contributed by atoms with Gasteiger partial charge in [-0.3, -0.25) is 0 Å². The van der Waals surface area contributed by atoms with Gasteiger partial charge in [0.15, 0.2) is 11.6 Å². The van der Waals surface area contributed by atoms with Crippen molar-refractivity contribution in [2.75, 3.05) is 20.3 Å². The van der Waals surface area contributed by atoms with E-state index in [2.05, 4.69) is 12.2 Å². The molecule has 0 aliphatic carbocycles. The van der Waals surface area contributed by atoms with Crippen molar-refractivity contribution < 1.29 is 14.2 Å². The van der Waals surface area contributed by atoms with Gasteiger partial charge in [-0.15, -0.1) is 0 Å². The molecule has 2 N–H and O–H groups in total. The third-order valence-corrected chi connectivity index (χ3v) is 3.62. The maximum Gasteiger partial charge on any atom is 0.165 e. The first kappa shape index (κ1) is 16.9. The zero-order valence-electron chi connectivity index (χ0n) is 12.7. The Balaban J connectivity index is 2.57. The molecule has 3 nitrogen and oxygen atoms in total. The summed E-state index contributed by atoms with van der Waals surface area (Å²) >= 11 is 0. The highest BCUT2D eigenvalue weighted by Gasteiger charge is 2.12. The first-order valence-electron chi connectivity index (χ1n) is 7.30. The van der Waals surface area contributed by atoms with E-state index in [-0.39, 0.29) is 24.2 Å². The number of aliphatic hydroxyl groups is 1. The van der Waals surface area contributed by atoms with Crippen LogP contribution in [0, 0.1) is 11.7 Å². The largest absolute Gasteiger partial charge is 0.494 e. The van der Waals surface area contributed by atoms with Crippen LogP contribution in [0.15, 0.2) is 18.2 Å². The first-order chi connectivity index (χ1) is 9.62. The van der Waals surface area contributed by atoms with E-state index < -0.39 is 0 Å². The highest BCUT2D eigenvalue weighted by molar-refractivity contribution is 5.30. The van der Waals surface area contributed by atoms with Gasteiger partial charge in [0.25, 0.3) is 0 Å². The van der Waals surface area contributed by atoms with Crippen LogP contribution >= 0.6 is 0 Å². The highest BCUT2D eigenvalue weighted by Crippen LogP contribution is 2.22. The van der Waals surface area contributed by atoms with Crippen LogP contribution in [0.1, 0.15) is 44.7 Å². The fourth-order valence-electron chi connectivity index (χ4n) is 2.35. The molecule has 0 fully saturated rings. The van der Waals surface area contributed by atoms with Crippen LogP contribution in [-0.4, -0.2) is 25.4 Å². The van der Waals surface area contributed by atoms with E-state index in [0.717, 1.165) is 31.4 Å². The quantitative estimate of drug-likeness (QED) is 0.731. The Labute approximate surface area is 121 Å². The number of hydrogen-bond acceptors (Lipinski definition) is 3. The van der Waals surface area contributed by atoms with Crippen LogP contribution < -0.4 is 10.1 Å². The molecule has 0 amide bonds. The van der Waals surface area contributed by atoms with Crippen molar-refractivity contribution in [3.05, 3.63) is 29.6 Å². The van der Waals surface area contributed by atoms with E-state index in [0.29, 0.717) is 5.92 Å². The second kappa shape index (κ2) is 8.93. The lowest BCUT2D eigenvalue weighted by atomic mass is 9.99. The Morgan fingerprint density at radius 3 is 2.65 bits per heavy atom. The van der Waals surface area contributed by atoms with Crippen LogP contribution in [0.25, 0.3) is 0 Å². The van der Waals surface area contributed by atoms with Gasteiger partial charge in [-0.05, 0) is 49.9 Å². The third-order valence-electron chi connectivity index (χ3n) is 3.62. The second-order valence-corrected chi connectivity index (χ2v) is 5.19. The summed E-state index contributed by atoms with van der Waals surface area (Å²) in [6, 6.07) is 5.12. The lowest BCUT2D eigenvalue weighted by Crippen LogP contribution is -2.26. The number of methoxy groups -OCH3 is 1. The zero-order chi connectivity index (χ0) is 15.0. The summed E-state index contributed by atoms with van der Waals surface area (Å²) < 4.78 is 18.6. The SMILES string of the molecule is CCCC(CCO)CNC(C)c1ccc(OC)c(F)c1. The summed E-state index contributed by atoms with van der Waals surface area (Å²) in [5, 5.41) is 12.5. The molecule has 0 aliphatic heterocycles. The number of ether oxygens (including phenoxy) is 1. The molecule has 2 unspecified atom stereocenters. The topological polar surface area (TPSA) is 41.5 Å². The van der Waals surface area contributed by atoms with Gasteiger partial charge in [0.2, 0.25) is 0 Å². The van der Waals surface area contributed by atoms with Gasteiger partial charge in [-0.25, -0.2) is 4.39 Å². The van der Waals surface area contributed by atoms with Crippen molar-refractivity contribution in [2.24, 2.45) is 5.92 Å². The molecule has 20 heavy (non-hydrogen) atoms. The van der Waals surface area contributed by atoms with Crippen molar-refractivity contribution in [3.63, 3.8) is 0 Å². The number of hydrogen-bond donors (Lipinski definition) is 2. The Bertz CT molecular complexity index is 392. The molecule has 0 spiro atoms. The normalized spacial score (nSPS) is 14.1. The summed E-state index contributed by atoms with van der Waals surface area (Å²) in [6.45, 7) is 5.22. The number of benzene rings is 1. The smallest absolute Gasteiger partial charge is 0.165 e. The van der Waals surface area contributed by atoms with Gasteiger partial charge in [-0.1, -0.05) is 19.4 Å². The molecule has 1 aromatic carbocycles. The number of nitrogens with one attached hydrogen (secondary N) is 1. The van der Waals surface area contributed by atoms with Crippen molar-refractivity contribution in [1.29, 1.82) is 0 Å². The van der Waals surface area contributed by atoms with Gasteiger partial charge >= 0.3 is 0 Å². The van der Waals surface area contributed by atoms with Crippen LogP contribution in [0.5, 0.6) is 5.75 Å². The Morgan fingerprint density at radius 1 is 1.35 bits per heavy atom. The molecule has 1 aromatic rings. The Kier molecular flexibility index (Phi) is 7.55. The molecule has 0 saturated carbocycles. The molecule has 1 rings (SSSR count). The van der Waals surface area contributed by atoms with E-state index in [9.17, 15) is 4.39 Å². The lowest BCUT2D eigenvalue weighted by molar-refractivity contribution is 0.245. The molecule has 0 radical (unpaired) electrons. The lowest BCUT2D eigenvalue weighted by Gasteiger charge is -2.20. The van der Waals surface area contributed by atoms with Crippen molar-refractivity contribution >= 4 is 0 Å². The molecular formula is C16H26FNO2. The predicted molar refractivity (Wildman–Crippen MR) is 79.5 cm³/mol. The second-order valence-electron chi connectivity index (χ2n) is 5.19. The Morgan fingerprint density at radius 2 is 2.10 bits per heavy atom. The molecule has 0 bridgehead atoms. The maximum absolute atomic E-state index is 13.7. The minimum absolute atomic E-state index is 0.0773. The average Bonchev–Trinajstić information content (AvgIpc) is 2.44. The minimum atomic E-state index is -0.334. The van der Waals surface area contributed by atoms with Gasteiger partial charge in [0.1, 0.15) is 0 Å². The fourth-order valence-corrected chi connectivity index (χ4v) is 2.35. The zero-order valence-corrected chi connectivity index (χ0v) is 12.7. The van der Waals surface area contributed by atoms with Gasteiger partial charge in [-0.2, -0.15) is 0 Å². The molecule has 4 heteroatoms. The summed E-state index contributed by atoms with van der Waals surface area (Å²) in [6.07, 6.45) is 3.01. The van der Waals surface area contributed by atoms with Crippen molar-refractivity contribution in [1.82, 2.24) is 5.32 Å². The van der Waals surface area contributed by atoms with Gasteiger partial charge in [0.05, 0.1) is 7.11 Å². The molecular weight excluding hydrogens is 257 g/mol. The van der Waals surface area contributed by atoms with Gasteiger partial charge < -0.3 is 15.2 Å². The summed E-state index contributed by atoms with van der Waals surface area (Å²) in [5.74, 6) is 0.403. The van der Waals surface area contributed by atoms with E-state index in [1.807, 2.05) is 13.0 Å². The predicted octanol–water partition coefficient (Wildman–Crippen LogP) is 3.28. The Hall–Kier alpha value is -1.13. The summed E-state index contributed by atoms with van der Waals surface area (Å²) in [5.41, 5.74) is 0.905. The van der Waals surface area contributed by atoms with Crippen LogP contribution in [-0.2, 0) is 0 Å². The summed E-state index contributed by atoms with van der Waals surface area (Å²) in [4.78, 5) is 0. The monoisotopic (exact) mass is 283 g/mol. The van der Waals surface area contributed by atoms with Crippen LogP contribution in [0.2, 0.25) is 0 Å².